The van der Waals surface area contributed by atoms with E-state index in [2.05, 4.69) is 267 Å². The molecule has 0 atom stereocenters. The van der Waals surface area contributed by atoms with Crippen LogP contribution in [-0.2, 0) is 0 Å². The third kappa shape index (κ3) is 10.3. The molecule has 4 aromatic heterocycles. The Hall–Kier alpha value is -10.4. The van der Waals surface area contributed by atoms with Crippen LogP contribution >= 0.6 is 0 Å². The lowest BCUT2D eigenvalue weighted by Crippen LogP contribution is -1.95. The molecule has 0 aliphatic rings. The fourth-order valence-electron chi connectivity index (χ4n) is 11.4. The summed E-state index contributed by atoms with van der Waals surface area (Å²) in [6.45, 7) is 6.56. The van der Waals surface area contributed by atoms with Crippen LogP contribution in [0, 0.1) is 20.8 Å². The quantitative estimate of drug-likeness (QED) is 0.122. The fraction of sp³-hybridized carbons (Fsp3) is 0.0390. The van der Waals surface area contributed by atoms with E-state index < -0.39 is 0 Å². The van der Waals surface area contributed by atoms with Crippen LogP contribution in [0.4, 0.5) is 0 Å². The van der Waals surface area contributed by atoms with Crippen molar-refractivity contribution in [3.63, 3.8) is 0 Å². The van der Waals surface area contributed by atoms with Gasteiger partial charge in [-0.05, 0) is 158 Å². The third-order valence-electron chi connectivity index (χ3n) is 15.5. The van der Waals surface area contributed by atoms with Crippen molar-refractivity contribution in [3.05, 3.63) is 302 Å². The number of hydrogen-bond donors (Lipinski definition) is 0. The molecule has 0 spiro atoms. The molecule has 81 heavy (non-hydrogen) atoms. The Balaban J connectivity index is 0.954. The average Bonchev–Trinajstić information content (AvgIpc) is 3.66. The van der Waals surface area contributed by atoms with Gasteiger partial charge < -0.3 is 0 Å². The van der Waals surface area contributed by atoms with E-state index in [1.54, 1.807) is 0 Å². The molecule has 0 fully saturated rings. The summed E-state index contributed by atoms with van der Waals surface area (Å²) in [6, 6.07) is 93.6. The van der Waals surface area contributed by atoms with Crippen LogP contribution in [0.5, 0.6) is 0 Å². The monoisotopic (exact) mass is 1040 g/mol. The predicted molar refractivity (Wildman–Crippen MR) is 337 cm³/mol. The van der Waals surface area contributed by atoms with E-state index in [1.807, 2.05) is 49.1 Å². The van der Waals surface area contributed by atoms with Crippen LogP contribution in [-0.4, -0.2) is 19.9 Å². The molecular formula is C77H56N4. The van der Waals surface area contributed by atoms with E-state index in [1.165, 1.54) is 22.3 Å². The van der Waals surface area contributed by atoms with Gasteiger partial charge in [0.1, 0.15) is 0 Å². The largest absolute Gasteiger partial charge is 0.256 e. The van der Waals surface area contributed by atoms with E-state index in [0.29, 0.717) is 0 Å². The maximum absolute atomic E-state index is 4.99. The molecular weight excluding hydrogens is 981 g/mol. The zero-order chi connectivity index (χ0) is 54.7. The van der Waals surface area contributed by atoms with Gasteiger partial charge in [0, 0.05) is 58.2 Å². The molecule has 0 saturated heterocycles. The van der Waals surface area contributed by atoms with Crippen LogP contribution in [0.25, 0.3) is 134 Å². The highest BCUT2D eigenvalue weighted by molar-refractivity contribution is 6.00. The maximum Gasteiger partial charge on any atom is 0.0705 e. The Morgan fingerprint density at radius 1 is 0.210 bits per heavy atom. The molecule has 13 aromatic rings. The highest BCUT2D eigenvalue weighted by Crippen LogP contribution is 2.46. The Morgan fingerprint density at radius 3 is 0.840 bits per heavy atom. The van der Waals surface area contributed by atoms with E-state index in [0.717, 1.165) is 128 Å². The van der Waals surface area contributed by atoms with Gasteiger partial charge in [0.25, 0.3) is 0 Å². The van der Waals surface area contributed by atoms with Crippen LogP contribution in [0.2, 0.25) is 0 Å². The van der Waals surface area contributed by atoms with Gasteiger partial charge in [0.15, 0.2) is 0 Å². The molecule has 384 valence electrons. The SMILES string of the molecule is Cc1cc(-c2c(-c3ccc(-c4ccccn4)cc3)cccc2-c2ccc(-c3ccccn3)cc2)cc(-c2c(-c3ccc(-c4cc(C)c(-c5ccccc5)cn4)cc3)cccc2-c2ccc(-c3cc(C)c(-c4ccccc4)cn3)cc2)c1. The van der Waals surface area contributed by atoms with Crippen molar-refractivity contribution in [2.75, 3.05) is 0 Å². The second kappa shape index (κ2) is 22.1. The van der Waals surface area contributed by atoms with Crippen LogP contribution in [0.15, 0.2) is 286 Å². The van der Waals surface area contributed by atoms with Crippen molar-refractivity contribution in [3.8, 4) is 134 Å². The summed E-state index contributed by atoms with van der Waals surface area (Å²) in [6.07, 6.45) is 7.71. The second-order valence-electron chi connectivity index (χ2n) is 20.8. The lowest BCUT2D eigenvalue weighted by atomic mass is 9.83. The van der Waals surface area contributed by atoms with Gasteiger partial charge in [0.2, 0.25) is 0 Å². The van der Waals surface area contributed by atoms with Crippen molar-refractivity contribution < 1.29 is 0 Å². The van der Waals surface area contributed by atoms with Crippen LogP contribution in [0.1, 0.15) is 16.7 Å². The van der Waals surface area contributed by atoms with Gasteiger partial charge in [-0.15, -0.1) is 0 Å². The van der Waals surface area contributed by atoms with Crippen molar-refractivity contribution in [2.45, 2.75) is 20.8 Å². The number of aryl methyl sites for hydroxylation is 3. The molecule has 4 heterocycles. The van der Waals surface area contributed by atoms with E-state index >= 15 is 0 Å². The molecule has 0 aliphatic heterocycles. The summed E-state index contributed by atoms with van der Waals surface area (Å²) in [5, 5.41) is 0. The third-order valence-corrected chi connectivity index (χ3v) is 15.5. The Kier molecular flexibility index (Phi) is 13.7. The first-order valence-corrected chi connectivity index (χ1v) is 27.6. The molecule has 0 saturated carbocycles. The Bertz CT molecular complexity index is 4100. The van der Waals surface area contributed by atoms with Crippen molar-refractivity contribution in [1.29, 1.82) is 0 Å². The number of nitrogens with zero attached hydrogens (tertiary/aromatic N) is 4. The van der Waals surface area contributed by atoms with Gasteiger partial charge in [0.05, 0.1) is 22.8 Å². The van der Waals surface area contributed by atoms with Gasteiger partial charge in [-0.25, -0.2) is 0 Å². The van der Waals surface area contributed by atoms with Gasteiger partial charge in [-0.3, -0.25) is 19.9 Å². The van der Waals surface area contributed by atoms with E-state index in [-0.39, 0.29) is 0 Å². The molecule has 0 radical (unpaired) electrons. The molecule has 0 amide bonds. The van der Waals surface area contributed by atoms with Crippen LogP contribution in [0.3, 0.4) is 0 Å². The minimum atomic E-state index is 0.946. The smallest absolute Gasteiger partial charge is 0.0705 e. The predicted octanol–water partition coefficient (Wildman–Crippen LogP) is 20.2. The summed E-state index contributed by atoms with van der Waals surface area (Å²) < 4.78 is 0. The first-order chi connectivity index (χ1) is 39.9. The van der Waals surface area contributed by atoms with E-state index in [4.69, 9.17) is 9.97 Å². The molecule has 0 N–H and O–H groups in total. The topological polar surface area (TPSA) is 51.6 Å². The summed E-state index contributed by atoms with van der Waals surface area (Å²) >= 11 is 0. The van der Waals surface area contributed by atoms with Crippen molar-refractivity contribution >= 4 is 0 Å². The Labute approximate surface area is 474 Å². The highest BCUT2D eigenvalue weighted by Gasteiger charge is 2.21. The minimum Gasteiger partial charge on any atom is -0.256 e. The van der Waals surface area contributed by atoms with E-state index in [9.17, 15) is 0 Å². The number of aromatic nitrogens is 4. The maximum atomic E-state index is 4.99. The zero-order valence-electron chi connectivity index (χ0n) is 45.4. The Morgan fingerprint density at radius 2 is 0.519 bits per heavy atom. The van der Waals surface area contributed by atoms with Crippen LogP contribution < -0.4 is 0 Å². The molecule has 4 heteroatoms. The molecule has 0 unspecified atom stereocenters. The average molecular weight is 1040 g/mol. The molecule has 0 aliphatic carbocycles. The lowest BCUT2D eigenvalue weighted by Gasteiger charge is -2.21. The summed E-state index contributed by atoms with van der Waals surface area (Å²) in [7, 11) is 0. The molecule has 9 aromatic carbocycles. The summed E-state index contributed by atoms with van der Waals surface area (Å²) in [5.41, 5.74) is 29.9. The summed E-state index contributed by atoms with van der Waals surface area (Å²) in [4.78, 5) is 19.3. The normalized spacial score (nSPS) is 11.1. The molecule has 4 nitrogen and oxygen atoms in total. The zero-order valence-corrected chi connectivity index (χ0v) is 45.4. The lowest BCUT2D eigenvalue weighted by molar-refractivity contribution is 1.29. The van der Waals surface area contributed by atoms with Gasteiger partial charge in [-0.1, -0.05) is 218 Å². The standard InChI is InChI=1S/C77H56N4/c1-51-44-64(76-66(56-26-34-60(35-27-56)72-24-10-12-42-78-72)20-14-21-67(76)57-28-36-61(37-29-57)73-25-11-13-43-79-73)48-65(45-51)77-68(58-30-38-62(39-31-58)74-46-52(2)70(49-80-74)54-16-6-4-7-17-54)22-15-23-69(77)59-32-40-63(41-33-59)75-47-53(3)71(50-81-75)55-18-8-5-9-19-55/h4-50H,1-3H3. The molecule has 0 bridgehead atoms. The van der Waals surface area contributed by atoms with Gasteiger partial charge >= 0.3 is 0 Å². The molecule has 13 rings (SSSR count). The second-order valence-corrected chi connectivity index (χ2v) is 20.8. The highest BCUT2D eigenvalue weighted by atomic mass is 14.7. The number of benzene rings is 9. The first kappa shape index (κ1) is 50.1. The number of rotatable bonds is 12. The number of hydrogen-bond acceptors (Lipinski definition) is 4. The number of pyridine rings is 4. The van der Waals surface area contributed by atoms with Crippen molar-refractivity contribution in [1.82, 2.24) is 19.9 Å². The van der Waals surface area contributed by atoms with Gasteiger partial charge in [-0.2, -0.15) is 0 Å². The first-order valence-electron chi connectivity index (χ1n) is 27.6. The fourth-order valence-corrected chi connectivity index (χ4v) is 11.4. The summed E-state index contributed by atoms with van der Waals surface area (Å²) in [5.74, 6) is 0. The van der Waals surface area contributed by atoms with Crippen molar-refractivity contribution in [2.24, 2.45) is 0 Å². The minimum absolute atomic E-state index is 0.946.